The molecule has 0 amide bonds. The van der Waals surface area contributed by atoms with Gasteiger partial charge in [-0.15, -0.1) is 0 Å². The average molecular weight is 122 g/mol. The standard InChI is InChI=1S/C5H13OP/c1-4-5(2)6-7-3/h5,7H,4H2,1-3H3/i7T. The second-order valence-corrected chi connectivity index (χ2v) is 2.08. The molecule has 0 rings (SSSR count). The van der Waals surface area contributed by atoms with Crippen LogP contribution in [0.3, 0.4) is 0 Å². The fourth-order valence-electron chi connectivity index (χ4n) is 0.254. The maximum absolute atomic E-state index is 7.05. The summed E-state index contributed by atoms with van der Waals surface area (Å²) in [5.74, 6) is 0. The fraction of sp³-hybridized carbons (Fsp3) is 1.00. The molecule has 2 unspecified atom stereocenters. The van der Waals surface area contributed by atoms with Gasteiger partial charge in [-0.1, -0.05) is 6.92 Å². The molecule has 7 heavy (non-hydrogen) atoms. The smallest absolute Gasteiger partial charge is 0.0883 e. The molecule has 0 aliphatic carbocycles. The summed E-state index contributed by atoms with van der Waals surface area (Å²) >= 11 is 0. The van der Waals surface area contributed by atoms with Crippen LogP contribution in [0.5, 0.6) is 0 Å². The van der Waals surface area contributed by atoms with E-state index in [0.29, 0.717) is 0 Å². The average Bonchev–Trinajstić information content (AvgIpc) is 1.65. The molecule has 0 fully saturated rings. The van der Waals surface area contributed by atoms with Crippen molar-refractivity contribution in [1.29, 1.82) is 1.28 Å². The van der Waals surface area contributed by atoms with Crippen molar-refractivity contribution in [2.24, 2.45) is 0 Å². The molecule has 44 valence electrons. The number of rotatable bonds is 3. The van der Waals surface area contributed by atoms with E-state index in [4.69, 9.17) is 5.80 Å². The second-order valence-electron chi connectivity index (χ2n) is 1.51. The Morgan fingerprint density at radius 1 is 2.00 bits per heavy atom. The van der Waals surface area contributed by atoms with E-state index in [0.717, 1.165) is 6.42 Å². The minimum Gasteiger partial charge on any atom is -0.360 e. The highest BCUT2D eigenvalue weighted by molar-refractivity contribution is 7.31. The van der Waals surface area contributed by atoms with Gasteiger partial charge in [0.1, 0.15) is 0 Å². The Balaban J connectivity index is 3.10. The third-order valence-corrected chi connectivity index (χ3v) is 1.43. The van der Waals surface area contributed by atoms with Crippen LogP contribution in [0.2, 0.25) is 0 Å². The van der Waals surface area contributed by atoms with Crippen LogP contribution < -0.4 is 0 Å². The predicted octanol–water partition coefficient (Wildman–Crippen LogP) is 2.02. The van der Waals surface area contributed by atoms with E-state index in [1.165, 1.54) is 0 Å². The van der Waals surface area contributed by atoms with Gasteiger partial charge < -0.3 is 4.52 Å². The van der Waals surface area contributed by atoms with E-state index in [1.54, 1.807) is 6.66 Å². The quantitative estimate of drug-likeness (QED) is 0.520. The van der Waals surface area contributed by atoms with Gasteiger partial charge in [0, 0.05) is 8.75 Å². The van der Waals surface area contributed by atoms with E-state index in [-0.39, 0.29) is 6.10 Å². The van der Waals surface area contributed by atoms with Gasteiger partial charge in [-0.05, 0) is 20.0 Å². The molecular formula is C5H13OP. The first-order chi connectivity index (χ1) is 3.66. The summed E-state index contributed by atoms with van der Waals surface area (Å²) < 4.78 is 12.2. The summed E-state index contributed by atoms with van der Waals surface area (Å²) in [7, 11) is -0.896. The van der Waals surface area contributed by atoms with Gasteiger partial charge in [-0.2, -0.15) is 0 Å². The van der Waals surface area contributed by atoms with Gasteiger partial charge in [0.2, 0.25) is 0 Å². The lowest BCUT2D eigenvalue weighted by molar-refractivity contribution is 0.252. The third-order valence-electron chi connectivity index (χ3n) is 0.860. The van der Waals surface area contributed by atoms with Gasteiger partial charge >= 0.3 is 0 Å². The van der Waals surface area contributed by atoms with E-state index < -0.39 is 8.75 Å². The Kier molecular flexibility index (Phi) is 3.59. The second kappa shape index (κ2) is 4.55. The Morgan fingerprint density at radius 2 is 2.57 bits per heavy atom. The van der Waals surface area contributed by atoms with Crippen molar-refractivity contribution in [2.75, 3.05) is 6.66 Å². The van der Waals surface area contributed by atoms with Crippen LogP contribution in [0, 0.1) is 0 Å². The van der Waals surface area contributed by atoms with Gasteiger partial charge in [-0.25, -0.2) is 0 Å². The molecule has 0 N–H and O–H groups in total. The van der Waals surface area contributed by atoms with Crippen molar-refractivity contribution in [3.05, 3.63) is 0 Å². The molecule has 2 heteroatoms. The molecule has 0 aliphatic heterocycles. The van der Waals surface area contributed by atoms with Crippen LogP contribution in [0.1, 0.15) is 20.3 Å². The first-order valence-corrected chi connectivity index (χ1v) is 3.82. The minimum atomic E-state index is -0.896. The van der Waals surface area contributed by atoms with E-state index in [2.05, 4.69) is 6.92 Å². The first kappa shape index (κ1) is 5.53. The molecule has 0 aromatic heterocycles. The lowest BCUT2D eigenvalue weighted by Gasteiger charge is -2.05. The topological polar surface area (TPSA) is 9.23 Å². The van der Waals surface area contributed by atoms with Crippen molar-refractivity contribution in [3.63, 3.8) is 0 Å². The molecule has 0 aliphatic rings. The first-order valence-electron chi connectivity index (χ1n) is 3.01. The van der Waals surface area contributed by atoms with Gasteiger partial charge in [0.15, 0.2) is 0 Å². The molecule has 0 aromatic rings. The summed E-state index contributed by atoms with van der Waals surface area (Å²) in [6.07, 6.45) is 1.27. The van der Waals surface area contributed by atoms with Crippen molar-refractivity contribution < 1.29 is 4.52 Å². The van der Waals surface area contributed by atoms with Crippen LogP contribution >= 0.6 is 8.75 Å². The van der Waals surface area contributed by atoms with Crippen molar-refractivity contribution >= 4 is 8.75 Å². The zero-order chi connectivity index (χ0) is 6.57. The maximum Gasteiger partial charge on any atom is 0.0883 e. The molecule has 2 atom stereocenters. The van der Waals surface area contributed by atoms with Gasteiger partial charge in [0.05, 0.1) is 7.38 Å². The lowest BCUT2D eigenvalue weighted by atomic mass is 10.3. The monoisotopic (exact) mass is 122 g/mol. The Morgan fingerprint density at radius 3 is 2.71 bits per heavy atom. The zero-order valence-electron chi connectivity index (χ0n) is 6.14. The Hall–Kier alpha value is 0.390. The van der Waals surface area contributed by atoms with E-state index in [1.807, 2.05) is 6.92 Å². The van der Waals surface area contributed by atoms with Gasteiger partial charge in [-0.3, -0.25) is 0 Å². The molecule has 0 bridgehead atoms. The highest BCUT2D eigenvalue weighted by atomic mass is 31.1. The minimum absolute atomic E-state index is 0.267. The highest BCUT2D eigenvalue weighted by Gasteiger charge is 1.92. The molecule has 0 aromatic carbocycles. The third kappa shape index (κ3) is 4.24. The molecular weight excluding hydrogens is 107 g/mol. The highest BCUT2D eigenvalue weighted by Crippen LogP contribution is 2.10. The largest absolute Gasteiger partial charge is 0.360 e. The number of hydrogen-bond donors (Lipinski definition) is 0. The van der Waals surface area contributed by atoms with Crippen LogP contribution in [0.15, 0.2) is 0 Å². The van der Waals surface area contributed by atoms with Crippen LogP contribution in [-0.2, 0) is 4.52 Å². The molecule has 0 saturated heterocycles. The summed E-state index contributed by atoms with van der Waals surface area (Å²) in [5.41, 5.74) is 0. The van der Waals surface area contributed by atoms with Crippen LogP contribution in [-0.4, -0.2) is 14.0 Å². The molecule has 1 nitrogen and oxygen atoms in total. The number of hydrogen-bond acceptors (Lipinski definition) is 1. The SMILES string of the molecule is [3H]P(C)OC(C)CC. The Labute approximate surface area is 48.6 Å². The summed E-state index contributed by atoms with van der Waals surface area (Å²) in [6, 6.07) is 0. The van der Waals surface area contributed by atoms with Crippen LogP contribution in [0.25, 0.3) is 0 Å². The van der Waals surface area contributed by atoms with Crippen LogP contribution in [0.4, 0.5) is 0 Å². The maximum atomic E-state index is 7.05. The normalized spacial score (nSPS) is 20.7. The van der Waals surface area contributed by atoms with E-state index in [9.17, 15) is 0 Å². The summed E-state index contributed by atoms with van der Waals surface area (Å²) in [5, 5.41) is 0. The molecule has 0 saturated carbocycles. The zero-order valence-corrected chi connectivity index (χ0v) is 6.03. The van der Waals surface area contributed by atoms with Crippen molar-refractivity contribution in [3.8, 4) is 0 Å². The molecule has 0 radical (unpaired) electrons. The molecule has 0 heterocycles. The van der Waals surface area contributed by atoms with Crippen molar-refractivity contribution in [1.82, 2.24) is 0 Å². The fourth-order valence-corrected chi connectivity index (χ4v) is 0.763. The molecule has 0 spiro atoms. The Bertz CT molecular complexity index is 58.4. The predicted molar refractivity (Wildman–Crippen MR) is 35.1 cm³/mol. The summed E-state index contributed by atoms with van der Waals surface area (Å²) in [4.78, 5) is 0. The van der Waals surface area contributed by atoms with E-state index >= 15 is 0 Å². The van der Waals surface area contributed by atoms with Crippen molar-refractivity contribution in [2.45, 2.75) is 26.4 Å². The van der Waals surface area contributed by atoms with Gasteiger partial charge in [0.25, 0.3) is 0 Å². The lowest BCUT2D eigenvalue weighted by Crippen LogP contribution is -1.97. The summed E-state index contributed by atoms with van der Waals surface area (Å²) in [6.45, 7) is 5.85.